The first kappa shape index (κ1) is 21.9. The number of alkyl halides is 3. The fourth-order valence-corrected chi connectivity index (χ4v) is 3.68. The summed E-state index contributed by atoms with van der Waals surface area (Å²) in [5.41, 5.74) is 2.12. The maximum absolute atomic E-state index is 12.4. The van der Waals surface area contributed by atoms with Gasteiger partial charge in [-0.15, -0.1) is 0 Å². The normalized spacial score (nSPS) is 17.2. The first-order valence-corrected chi connectivity index (χ1v) is 10.1. The molecule has 170 valence electrons. The molecule has 2 aromatic heterocycles. The number of fused-ring (bicyclic) bond motifs is 1. The summed E-state index contributed by atoms with van der Waals surface area (Å²) < 4.78 is 44.5. The molecule has 11 heteroatoms. The number of hydrogen-bond donors (Lipinski definition) is 3. The molecule has 8 nitrogen and oxygen atoms in total. The van der Waals surface area contributed by atoms with Crippen LogP contribution in [0, 0.1) is 0 Å². The number of H-pyrrole nitrogens is 1. The molecule has 3 aromatic rings. The molecule has 3 N–H and O–H groups in total. The highest BCUT2D eigenvalue weighted by Crippen LogP contribution is 2.31. The molecule has 0 unspecified atom stereocenters. The second kappa shape index (κ2) is 8.65. The minimum atomic E-state index is -4.51. The van der Waals surface area contributed by atoms with Crippen LogP contribution in [0.1, 0.15) is 41.7 Å². The summed E-state index contributed by atoms with van der Waals surface area (Å²) in [6.45, 7) is 1.72. The van der Waals surface area contributed by atoms with Crippen molar-refractivity contribution in [2.75, 3.05) is 19.8 Å². The third-order valence-corrected chi connectivity index (χ3v) is 5.25. The summed E-state index contributed by atoms with van der Waals surface area (Å²) in [7, 11) is 0. The van der Waals surface area contributed by atoms with Crippen molar-refractivity contribution in [3.05, 3.63) is 41.7 Å². The molecule has 0 radical (unpaired) electrons. The molecule has 4 rings (SSSR count). The lowest BCUT2D eigenvalue weighted by Crippen LogP contribution is -2.33. The van der Waals surface area contributed by atoms with Crippen LogP contribution in [0.5, 0.6) is 5.88 Å². The lowest BCUT2D eigenvalue weighted by molar-refractivity contribution is -0.123. The fourth-order valence-electron chi connectivity index (χ4n) is 3.68. The Hall–Kier alpha value is -3.34. The van der Waals surface area contributed by atoms with Crippen molar-refractivity contribution in [3.8, 4) is 5.88 Å². The van der Waals surface area contributed by atoms with Crippen LogP contribution in [0.15, 0.2) is 35.6 Å². The molecule has 1 amide bonds. The van der Waals surface area contributed by atoms with E-state index in [9.17, 15) is 23.1 Å². The Labute approximate surface area is 181 Å². The van der Waals surface area contributed by atoms with Crippen LogP contribution in [0.4, 0.5) is 18.9 Å². The average Bonchev–Trinajstić information content (AvgIpc) is 3.48. The maximum Gasteiger partial charge on any atom is 0.405 e. The summed E-state index contributed by atoms with van der Waals surface area (Å²) in [5.74, 6) is -0.990. The van der Waals surface area contributed by atoms with Crippen LogP contribution in [-0.4, -0.2) is 57.4 Å². The van der Waals surface area contributed by atoms with E-state index in [4.69, 9.17) is 4.74 Å². The number of halogens is 3. The zero-order valence-corrected chi connectivity index (χ0v) is 17.2. The van der Waals surface area contributed by atoms with Gasteiger partial charge < -0.3 is 20.1 Å². The Morgan fingerprint density at radius 2 is 2.25 bits per heavy atom. The van der Waals surface area contributed by atoms with Crippen molar-refractivity contribution in [1.82, 2.24) is 20.1 Å². The third-order valence-electron chi connectivity index (χ3n) is 5.25. The number of aliphatic imine (C=N–C) groups is 1. The second-order valence-electron chi connectivity index (χ2n) is 7.51. The number of nitrogens with zero attached hydrogens (tertiary/aromatic N) is 3. The summed E-state index contributed by atoms with van der Waals surface area (Å²) in [6.07, 6.45) is 0.248. The number of rotatable bonds is 6. The predicted molar refractivity (Wildman–Crippen MR) is 112 cm³/mol. The zero-order valence-electron chi connectivity index (χ0n) is 17.2. The molecule has 1 aliphatic heterocycles. The van der Waals surface area contributed by atoms with E-state index in [-0.39, 0.29) is 17.5 Å². The highest BCUT2D eigenvalue weighted by atomic mass is 19.4. The van der Waals surface area contributed by atoms with E-state index in [0.717, 1.165) is 6.42 Å². The molecule has 1 atom stereocenters. The van der Waals surface area contributed by atoms with Gasteiger partial charge in [0.2, 0.25) is 0 Å². The average molecular weight is 449 g/mol. The van der Waals surface area contributed by atoms with Crippen LogP contribution in [0.25, 0.3) is 10.9 Å². The molecule has 1 aliphatic rings. The lowest BCUT2D eigenvalue weighted by atomic mass is 10.0. The van der Waals surface area contributed by atoms with Crippen molar-refractivity contribution in [1.29, 1.82) is 0 Å². The van der Waals surface area contributed by atoms with E-state index in [0.29, 0.717) is 47.5 Å². The molecule has 0 saturated carbocycles. The van der Waals surface area contributed by atoms with Crippen molar-refractivity contribution < 1.29 is 27.8 Å². The van der Waals surface area contributed by atoms with Gasteiger partial charge in [-0.3, -0.25) is 9.48 Å². The van der Waals surface area contributed by atoms with E-state index in [2.05, 4.69) is 15.1 Å². The number of hydrogen-bond acceptors (Lipinski definition) is 5. The summed E-state index contributed by atoms with van der Waals surface area (Å²) >= 11 is 0. The number of nitrogens with one attached hydrogen (secondary N) is 2. The van der Waals surface area contributed by atoms with Crippen molar-refractivity contribution in [2.45, 2.75) is 32.0 Å². The first-order chi connectivity index (χ1) is 15.2. The minimum absolute atomic E-state index is 0.0477. The van der Waals surface area contributed by atoms with Gasteiger partial charge in [0.1, 0.15) is 12.2 Å². The standard InChI is InChI=1S/C21H22F3N5O3/c1-2-16(27-13-8-26-29(9-13)14-5-6-32-10-14)18-15-7-12(3-4-17(15)28-20(18)31)19(30)25-11-21(22,23)24/h3-4,7-9,14,28,31H,2,5-6,10-11H2,1H3,(H,25,30)/t14-/m0/s1. The second-order valence-corrected chi connectivity index (χ2v) is 7.51. The van der Waals surface area contributed by atoms with Gasteiger partial charge in [0, 0.05) is 23.1 Å². The number of carbonyl (C=O) groups is 1. The Morgan fingerprint density at radius 3 is 2.94 bits per heavy atom. The number of carbonyl (C=O) groups excluding carboxylic acids is 1. The van der Waals surface area contributed by atoms with E-state index < -0.39 is 18.6 Å². The monoisotopic (exact) mass is 449 g/mol. The van der Waals surface area contributed by atoms with Crippen molar-refractivity contribution in [2.24, 2.45) is 4.99 Å². The minimum Gasteiger partial charge on any atom is -0.494 e. The Kier molecular flexibility index (Phi) is 5.92. The zero-order chi connectivity index (χ0) is 22.9. The van der Waals surface area contributed by atoms with Gasteiger partial charge in [-0.25, -0.2) is 4.99 Å². The van der Waals surface area contributed by atoms with Gasteiger partial charge in [0.25, 0.3) is 5.91 Å². The molecule has 1 aromatic carbocycles. The number of benzene rings is 1. The quantitative estimate of drug-likeness (QED) is 0.497. The Bertz CT molecular complexity index is 1160. The molecule has 3 heterocycles. The largest absolute Gasteiger partial charge is 0.494 e. The van der Waals surface area contributed by atoms with Gasteiger partial charge in [-0.1, -0.05) is 6.92 Å². The summed E-state index contributed by atoms with van der Waals surface area (Å²) in [4.78, 5) is 19.6. The van der Waals surface area contributed by atoms with E-state index >= 15 is 0 Å². The molecule has 1 fully saturated rings. The lowest BCUT2D eigenvalue weighted by Gasteiger charge is -2.09. The topological polar surface area (TPSA) is 105 Å². The van der Waals surface area contributed by atoms with Gasteiger partial charge in [-0.05, 0) is 31.0 Å². The van der Waals surface area contributed by atoms with E-state index in [1.54, 1.807) is 17.1 Å². The number of aromatic amines is 1. The molecule has 1 saturated heterocycles. The van der Waals surface area contributed by atoms with Gasteiger partial charge in [0.15, 0.2) is 5.88 Å². The van der Waals surface area contributed by atoms with Gasteiger partial charge in [-0.2, -0.15) is 18.3 Å². The van der Waals surface area contributed by atoms with Gasteiger partial charge >= 0.3 is 6.18 Å². The predicted octanol–water partition coefficient (Wildman–Crippen LogP) is 3.85. The molecule has 0 aliphatic carbocycles. The van der Waals surface area contributed by atoms with Crippen LogP contribution < -0.4 is 5.32 Å². The van der Waals surface area contributed by atoms with Crippen LogP contribution in [0.3, 0.4) is 0 Å². The number of ether oxygens (including phenoxy) is 1. The van der Waals surface area contributed by atoms with Crippen molar-refractivity contribution in [3.63, 3.8) is 0 Å². The SMILES string of the molecule is CCC(=Nc1cnn([C@H]2CCOC2)c1)c1c(O)[nH]c2ccc(C(=O)NCC(F)(F)F)cc12. The number of aromatic hydroxyl groups is 1. The molecule has 32 heavy (non-hydrogen) atoms. The summed E-state index contributed by atoms with van der Waals surface area (Å²) in [6, 6.07) is 4.52. The van der Waals surface area contributed by atoms with Crippen LogP contribution >= 0.6 is 0 Å². The Morgan fingerprint density at radius 1 is 1.44 bits per heavy atom. The van der Waals surface area contributed by atoms with Crippen molar-refractivity contribution >= 4 is 28.2 Å². The first-order valence-electron chi connectivity index (χ1n) is 10.1. The fraction of sp³-hybridized carbons (Fsp3) is 0.381. The number of amides is 1. The van der Waals surface area contributed by atoms with E-state index in [1.807, 2.05) is 12.2 Å². The smallest absolute Gasteiger partial charge is 0.405 e. The highest BCUT2D eigenvalue weighted by molar-refractivity contribution is 6.14. The molecule has 0 bridgehead atoms. The van der Waals surface area contributed by atoms with Crippen LogP contribution in [-0.2, 0) is 4.74 Å². The van der Waals surface area contributed by atoms with E-state index in [1.165, 1.54) is 18.2 Å². The number of aromatic nitrogens is 3. The van der Waals surface area contributed by atoms with Gasteiger partial charge in [0.05, 0.1) is 36.3 Å². The summed E-state index contributed by atoms with van der Waals surface area (Å²) in [5, 5.41) is 17.2. The van der Waals surface area contributed by atoms with Crippen LogP contribution in [0.2, 0.25) is 0 Å². The molecule has 0 spiro atoms. The highest BCUT2D eigenvalue weighted by Gasteiger charge is 2.28. The molecular formula is C21H22F3N5O3. The third kappa shape index (κ3) is 4.62. The maximum atomic E-state index is 12.4. The molecular weight excluding hydrogens is 427 g/mol. The Balaban J connectivity index is 1.66.